The van der Waals surface area contributed by atoms with Crippen LogP contribution in [0.15, 0.2) is 18.2 Å². The Morgan fingerprint density at radius 3 is 2.07 bits per heavy atom. The van der Waals surface area contributed by atoms with Crippen molar-refractivity contribution in [2.75, 3.05) is 5.73 Å². The SMILES string of the molecule is Nc1cccc(C(=O)O)c1C(=O)O.[Ru]. The van der Waals surface area contributed by atoms with Gasteiger partial charge in [-0.25, -0.2) is 9.59 Å². The molecule has 0 radical (unpaired) electrons. The first-order valence-corrected chi connectivity index (χ1v) is 3.39. The summed E-state index contributed by atoms with van der Waals surface area (Å²) < 4.78 is 0. The zero-order chi connectivity index (χ0) is 10.0. The van der Waals surface area contributed by atoms with Crippen molar-refractivity contribution in [1.82, 2.24) is 0 Å². The number of nitrogens with two attached hydrogens (primary N) is 1. The first kappa shape index (κ1) is 12.6. The Bertz CT molecular complexity index is 378. The third-order valence-corrected chi connectivity index (χ3v) is 1.54. The molecule has 0 atom stereocenters. The second-order valence-electron chi connectivity index (χ2n) is 2.38. The van der Waals surface area contributed by atoms with Crippen molar-refractivity contribution in [1.29, 1.82) is 0 Å². The number of hydrogen-bond acceptors (Lipinski definition) is 3. The molecule has 0 unspecified atom stereocenters. The van der Waals surface area contributed by atoms with E-state index in [2.05, 4.69) is 0 Å². The summed E-state index contributed by atoms with van der Waals surface area (Å²) in [5.74, 6) is -2.64. The molecule has 0 aliphatic heterocycles. The fourth-order valence-corrected chi connectivity index (χ4v) is 0.987. The molecule has 4 N–H and O–H groups in total. The quantitative estimate of drug-likeness (QED) is 0.546. The van der Waals surface area contributed by atoms with E-state index in [4.69, 9.17) is 15.9 Å². The molecule has 0 bridgehead atoms. The first-order chi connectivity index (χ1) is 6.04. The fourth-order valence-electron chi connectivity index (χ4n) is 0.987. The Labute approximate surface area is 92.3 Å². The third-order valence-electron chi connectivity index (χ3n) is 1.54. The number of carbonyl (C=O) groups is 2. The van der Waals surface area contributed by atoms with Crippen LogP contribution in [0.3, 0.4) is 0 Å². The summed E-state index contributed by atoms with van der Waals surface area (Å²) in [5, 5.41) is 17.3. The standard InChI is InChI=1S/C8H7NO4.Ru/c9-5-3-1-2-4(7(10)11)6(5)8(12)13;/h1-3H,9H2,(H,10,11)(H,12,13);. The molecule has 1 aromatic rings. The van der Waals surface area contributed by atoms with Crippen molar-refractivity contribution in [2.45, 2.75) is 0 Å². The van der Waals surface area contributed by atoms with Crippen LogP contribution in [0.4, 0.5) is 5.69 Å². The Kier molecular flexibility index (Phi) is 4.24. The average molecular weight is 282 g/mol. The first-order valence-electron chi connectivity index (χ1n) is 3.39. The maximum Gasteiger partial charge on any atom is 0.338 e. The van der Waals surface area contributed by atoms with Gasteiger partial charge in [-0.05, 0) is 12.1 Å². The van der Waals surface area contributed by atoms with Gasteiger partial charge >= 0.3 is 11.9 Å². The Hall–Kier alpha value is -1.42. The number of anilines is 1. The number of carboxylic acids is 2. The number of aromatic carboxylic acids is 2. The van der Waals surface area contributed by atoms with Crippen LogP contribution in [0.5, 0.6) is 0 Å². The molecule has 0 aliphatic carbocycles. The number of hydrogen-bond donors (Lipinski definition) is 3. The van der Waals surface area contributed by atoms with Gasteiger partial charge in [-0.3, -0.25) is 0 Å². The molecule has 1 rings (SSSR count). The summed E-state index contributed by atoms with van der Waals surface area (Å²) in [6, 6.07) is 3.93. The molecule has 0 saturated heterocycles. The van der Waals surface area contributed by atoms with Crippen LogP contribution in [0.1, 0.15) is 20.7 Å². The van der Waals surface area contributed by atoms with Gasteiger partial charge in [0.2, 0.25) is 0 Å². The summed E-state index contributed by atoms with van der Waals surface area (Å²) in [5.41, 5.74) is 4.60. The van der Waals surface area contributed by atoms with Gasteiger partial charge in [0.15, 0.2) is 0 Å². The molecule has 0 aromatic heterocycles. The Morgan fingerprint density at radius 2 is 1.71 bits per heavy atom. The minimum atomic E-state index is -1.34. The number of nitrogen functional groups attached to an aromatic ring is 1. The summed E-state index contributed by atoms with van der Waals surface area (Å²) >= 11 is 0. The molecule has 0 amide bonds. The summed E-state index contributed by atoms with van der Waals surface area (Å²) in [7, 11) is 0. The van der Waals surface area contributed by atoms with Gasteiger partial charge in [-0.2, -0.15) is 0 Å². The second kappa shape index (κ2) is 4.72. The van der Waals surface area contributed by atoms with Crippen LogP contribution in [0.2, 0.25) is 0 Å². The second-order valence-corrected chi connectivity index (χ2v) is 2.38. The topological polar surface area (TPSA) is 101 Å². The molecular formula is C8H7NO4Ru. The zero-order valence-corrected chi connectivity index (χ0v) is 8.61. The van der Waals surface area contributed by atoms with E-state index in [1.807, 2.05) is 0 Å². The van der Waals surface area contributed by atoms with E-state index >= 15 is 0 Å². The van der Waals surface area contributed by atoms with Gasteiger partial charge < -0.3 is 15.9 Å². The van der Waals surface area contributed by atoms with Gasteiger partial charge in [-0.15, -0.1) is 0 Å². The minimum Gasteiger partial charge on any atom is -0.478 e. The van der Waals surface area contributed by atoms with E-state index in [1.165, 1.54) is 18.2 Å². The Morgan fingerprint density at radius 1 is 1.14 bits per heavy atom. The van der Waals surface area contributed by atoms with Gasteiger partial charge in [-0.1, -0.05) is 6.07 Å². The number of benzene rings is 1. The van der Waals surface area contributed by atoms with Crippen LogP contribution < -0.4 is 5.73 Å². The van der Waals surface area contributed by atoms with Crippen molar-refractivity contribution in [2.24, 2.45) is 0 Å². The van der Waals surface area contributed by atoms with Crippen molar-refractivity contribution in [3.8, 4) is 0 Å². The summed E-state index contributed by atoms with van der Waals surface area (Å²) in [4.78, 5) is 21.2. The molecule has 1 aromatic carbocycles. The van der Waals surface area contributed by atoms with Gasteiger partial charge in [0, 0.05) is 25.2 Å². The predicted molar refractivity (Wildman–Crippen MR) is 44.8 cm³/mol. The molecular weight excluding hydrogens is 275 g/mol. The summed E-state index contributed by atoms with van der Waals surface area (Å²) in [6.45, 7) is 0. The van der Waals surface area contributed by atoms with E-state index < -0.39 is 11.9 Å². The van der Waals surface area contributed by atoms with E-state index in [1.54, 1.807) is 0 Å². The Balaban J connectivity index is 0.00000169. The van der Waals surface area contributed by atoms with Crippen LogP contribution in [-0.4, -0.2) is 22.2 Å². The zero-order valence-electron chi connectivity index (χ0n) is 6.87. The largest absolute Gasteiger partial charge is 0.478 e. The molecule has 0 spiro atoms. The van der Waals surface area contributed by atoms with E-state index in [9.17, 15) is 9.59 Å². The maximum absolute atomic E-state index is 10.6. The van der Waals surface area contributed by atoms with Crippen molar-refractivity contribution in [3.05, 3.63) is 29.3 Å². The van der Waals surface area contributed by atoms with Crippen LogP contribution in [0, 0.1) is 0 Å². The van der Waals surface area contributed by atoms with Crippen LogP contribution >= 0.6 is 0 Å². The van der Waals surface area contributed by atoms with Crippen LogP contribution in [-0.2, 0) is 19.5 Å². The van der Waals surface area contributed by atoms with Crippen LogP contribution in [0.25, 0.3) is 0 Å². The van der Waals surface area contributed by atoms with Gasteiger partial charge in [0.25, 0.3) is 0 Å². The minimum absolute atomic E-state index is 0. The monoisotopic (exact) mass is 283 g/mol. The molecule has 14 heavy (non-hydrogen) atoms. The fraction of sp³-hybridized carbons (Fsp3) is 0. The number of carboxylic acid groups (broad SMARTS) is 2. The molecule has 6 heteroatoms. The van der Waals surface area contributed by atoms with Crippen molar-refractivity contribution < 1.29 is 39.3 Å². The van der Waals surface area contributed by atoms with E-state index in [0.717, 1.165) is 0 Å². The van der Waals surface area contributed by atoms with Crippen molar-refractivity contribution in [3.63, 3.8) is 0 Å². The summed E-state index contributed by atoms with van der Waals surface area (Å²) in [6.07, 6.45) is 0. The maximum atomic E-state index is 10.6. The molecule has 76 valence electrons. The molecule has 5 nitrogen and oxygen atoms in total. The number of rotatable bonds is 2. The molecule has 0 aliphatic rings. The van der Waals surface area contributed by atoms with E-state index in [-0.39, 0.29) is 36.3 Å². The normalized spacial score (nSPS) is 8.86. The molecule has 0 fully saturated rings. The van der Waals surface area contributed by atoms with Gasteiger partial charge in [0.1, 0.15) is 0 Å². The average Bonchev–Trinajstić information content (AvgIpc) is 2.02. The molecule has 0 saturated carbocycles. The third kappa shape index (κ3) is 2.29. The van der Waals surface area contributed by atoms with Gasteiger partial charge in [0.05, 0.1) is 11.1 Å². The van der Waals surface area contributed by atoms with E-state index in [0.29, 0.717) is 0 Å². The van der Waals surface area contributed by atoms with Crippen molar-refractivity contribution >= 4 is 17.6 Å². The predicted octanol–water partition coefficient (Wildman–Crippen LogP) is 0.663. The smallest absolute Gasteiger partial charge is 0.338 e. The molecule has 0 heterocycles.